The largest absolute Gasteiger partial charge is 0.434 e. The number of H-pyrrole nitrogens is 1. The predicted octanol–water partition coefficient (Wildman–Crippen LogP) is 5.44. The molecule has 1 aliphatic rings. The molecule has 4 heterocycles. The van der Waals surface area contributed by atoms with Crippen LogP contribution in [0, 0.1) is 0 Å². The highest BCUT2D eigenvalue weighted by Crippen LogP contribution is 2.42. The molecular weight excluding hydrogens is 561 g/mol. The van der Waals surface area contributed by atoms with E-state index in [4.69, 9.17) is 0 Å². The molecule has 10 nitrogen and oxygen atoms in total. The van der Waals surface area contributed by atoms with Gasteiger partial charge in [-0.1, -0.05) is 24.3 Å². The number of imidazole rings is 2. The quantitative estimate of drug-likeness (QED) is 0.191. The number of alkyl halides is 5. The van der Waals surface area contributed by atoms with Gasteiger partial charge in [0.1, 0.15) is 11.4 Å². The smallest absolute Gasteiger partial charge is 0.328 e. The van der Waals surface area contributed by atoms with Gasteiger partial charge >= 0.3 is 12.7 Å². The van der Waals surface area contributed by atoms with E-state index in [1.165, 1.54) is 39.9 Å². The molecule has 4 aromatic heterocycles. The van der Waals surface area contributed by atoms with Crippen LogP contribution in [0.4, 0.5) is 27.8 Å². The molecule has 15 heteroatoms. The van der Waals surface area contributed by atoms with E-state index < -0.39 is 24.0 Å². The van der Waals surface area contributed by atoms with E-state index in [-0.39, 0.29) is 47.2 Å². The van der Waals surface area contributed by atoms with Crippen LogP contribution in [0.5, 0.6) is 0 Å². The molecule has 0 aliphatic heterocycles. The third-order valence-corrected chi connectivity index (χ3v) is 6.96. The standard InChI is InChI=1S/C27H24F5N9O/c1-14(2)39-12-18(27(30,31)32)36-22(39)17-5-3-15(4-6-17)11-40(26(28)29)24-23-33-9-10-41(23)38-21(37-24)19-20(16-7-8-16)34-13-35-25(19)42/h3-6,9-10,12-14,16,26H,7-8,11H2,1-2H3,(H,34,35,42). The molecule has 42 heavy (non-hydrogen) atoms. The molecule has 1 N–H and O–H groups in total. The molecule has 1 saturated carbocycles. The summed E-state index contributed by atoms with van der Waals surface area (Å²) in [6.07, 6.45) is 2.18. The summed E-state index contributed by atoms with van der Waals surface area (Å²) >= 11 is 0. The lowest BCUT2D eigenvalue weighted by atomic mass is 10.1. The molecule has 0 spiro atoms. The Hall–Kier alpha value is -4.69. The molecule has 1 aliphatic carbocycles. The Morgan fingerprint density at radius 1 is 1.10 bits per heavy atom. The Labute approximate surface area is 234 Å². The number of benzene rings is 1. The summed E-state index contributed by atoms with van der Waals surface area (Å²) in [5.41, 5.74) is 0.0220. The van der Waals surface area contributed by atoms with Gasteiger partial charge < -0.3 is 9.55 Å². The minimum Gasteiger partial charge on any atom is -0.328 e. The number of hydrogen-bond donors (Lipinski definition) is 1. The Balaban J connectivity index is 1.37. The first-order valence-electron chi connectivity index (χ1n) is 13.1. The molecule has 5 aromatic rings. The van der Waals surface area contributed by atoms with Gasteiger partial charge in [0.05, 0.1) is 12.0 Å². The number of anilines is 1. The van der Waals surface area contributed by atoms with Crippen molar-refractivity contribution >= 4 is 11.5 Å². The molecule has 6 rings (SSSR count). The molecule has 0 saturated heterocycles. The van der Waals surface area contributed by atoms with Gasteiger partial charge in [0.2, 0.25) is 0 Å². The van der Waals surface area contributed by atoms with E-state index >= 15 is 0 Å². The first-order chi connectivity index (χ1) is 20.0. The monoisotopic (exact) mass is 585 g/mol. The molecule has 0 bridgehead atoms. The van der Waals surface area contributed by atoms with Crippen LogP contribution in [0.3, 0.4) is 0 Å². The minimum atomic E-state index is -4.61. The predicted molar refractivity (Wildman–Crippen MR) is 142 cm³/mol. The van der Waals surface area contributed by atoms with Crippen LogP contribution in [0.25, 0.3) is 28.4 Å². The SMILES string of the molecule is CC(C)n1cc(C(F)(F)F)nc1-c1ccc(CN(c2nc(-c3c(C4CC4)nc[nH]c3=O)nn3ccnc23)C(F)F)cc1. The summed E-state index contributed by atoms with van der Waals surface area (Å²) in [6, 6.07) is 5.86. The maximum atomic E-state index is 14.6. The Morgan fingerprint density at radius 3 is 2.48 bits per heavy atom. The normalized spacial score (nSPS) is 13.9. The lowest BCUT2D eigenvalue weighted by Crippen LogP contribution is -2.30. The highest BCUT2D eigenvalue weighted by Gasteiger charge is 2.35. The van der Waals surface area contributed by atoms with Gasteiger partial charge in [-0.05, 0) is 32.3 Å². The summed E-state index contributed by atoms with van der Waals surface area (Å²) in [7, 11) is 0. The first-order valence-corrected chi connectivity index (χ1v) is 13.1. The maximum Gasteiger partial charge on any atom is 0.434 e. The Bertz CT molecular complexity index is 1800. The van der Waals surface area contributed by atoms with Crippen molar-refractivity contribution in [3.8, 4) is 22.8 Å². The van der Waals surface area contributed by atoms with E-state index in [0.29, 0.717) is 16.8 Å². The molecule has 0 amide bonds. The molecule has 1 fully saturated rings. The number of aromatic nitrogens is 8. The number of nitrogens with zero attached hydrogens (tertiary/aromatic N) is 8. The second-order valence-electron chi connectivity index (χ2n) is 10.3. The van der Waals surface area contributed by atoms with Crippen molar-refractivity contribution < 1.29 is 22.0 Å². The zero-order valence-electron chi connectivity index (χ0n) is 22.3. The average molecular weight is 586 g/mol. The molecular formula is C27H24F5N9O. The van der Waals surface area contributed by atoms with Crippen LogP contribution in [-0.2, 0) is 12.7 Å². The van der Waals surface area contributed by atoms with Crippen LogP contribution in [-0.4, -0.2) is 45.7 Å². The number of rotatable bonds is 8. The number of hydrogen-bond acceptors (Lipinski definition) is 7. The fourth-order valence-corrected chi connectivity index (χ4v) is 4.74. The van der Waals surface area contributed by atoms with Crippen molar-refractivity contribution in [3.63, 3.8) is 0 Å². The molecule has 0 unspecified atom stereocenters. The van der Waals surface area contributed by atoms with Gasteiger partial charge in [-0.2, -0.15) is 22.0 Å². The molecule has 1 aromatic carbocycles. The summed E-state index contributed by atoms with van der Waals surface area (Å²) < 4.78 is 71.8. The van der Waals surface area contributed by atoms with Gasteiger partial charge in [-0.15, -0.1) is 5.10 Å². The third kappa shape index (κ3) is 5.10. The second-order valence-corrected chi connectivity index (χ2v) is 10.3. The Kier molecular flexibility index (Phi) is 6.74. The van der Waals surface area contributed by atoms with Crippen molar-refractivity contribution in [1.29, 1.82) is 0 Å². The van der Waals surface area contributed by atoms with Gasteiger partial charge in [-0.3, -0.25) is 9.69 Å². The maximum absolute atomic E-state index is 14.6. The lowest BCUT2D eigenvalue weighted by Gasteiger charge is -2.23. The zero-order valence-corrected chi connectivity index (χ0v) is 22.3. The third-order valence-electron chi connectivity index (χ3n) is 6.96. The molecule has 218 valence electrons. The van der Waals surface area contributed by atoms with E-state index in [2.05, 4.69) is 30.0 Å². The highest BCUT2D eigenvalue weighted by molar-refractivity contribution is 5.69. The van der Waals surface area contributed by atoms with Crippen molar-refractivity contribution in [1.82, 2.24) is 39.1 Å². The highest BCUT2D eigenvalue weighted by atomic mass is 19.4. The number of halogens is 5. The van der Waals surface area contributed by atoms with E-state index in [9.17, 15) is 26.7 Å². The van der Waals surface area contributed by atoms with E-state index in [1.54, 1.807) is 26.0 Å². The van der Waals surface area contributed by atoms with Crippen LogP contribution in [0.1, 0.15) is 55.6 Å². The second kappa shape index (κ2) is 10.3. The van der Waals surface area contributed by atoms with Gasteiger partial charge in [-0.25, -0.2) is 24.5 Å². The topological polar surface area (TPSA) is 110 Å². The van der Waals surface area contributed by atoms with Crippen molar-refractivity contribution in [2.24, 2.45) is 0 Å². The lowest BCUT2D eigenvalue weighted by molar-refractivity contribution is -0.140. The van der Waals surface area contributed by atoms with Gasteiger partial charge in [0, 0.05) is 42.7 Å². The fourth-order valence-electron chi connectivity index (χ4n) is 4.74. The van der Waals surface area contributed by atoms with E-state index in [0.717, 1.165) is 23.9 Å². The van der Waals surface area contributed by atoms with Crippen molar-refractivity contribution in [3.05, 3.63) is 76.5 Å². The minimum absolute atomic E-state index is 0.0580. The van der Waals surface area contributed by atoms with Crippen LogP contribution >= 0.6 is 0 Å². The summed E-state index contributed by atoms with van der Waals surface area (Å²) in [5, 5.41) is 4.36. The molecule has 0 radical (unpaired) electrons. The van der Waals surface area contributed by atoms with Crippen molar-refractivity contribution in [2.75, 3.05) is 4.90 Å². The summed E-state index contributed by atoms with van der Waals surface area (Å²) in [5.74, 6) is -0.0775. The first kappa shape index (κ1) is 27.5. The van der Waals surface area contributed by atoms with Crippen LogP contribution < -0.4 is 10.5 Å². The average Bonchev–Trinajstić information content (AvgIpc) is 3.48. The van der Waals surface area contributed by atoms with E-state index in [1.807, 2.05) is 0 Å². The van der Waals surface area contributed by atoms with Gasteiger partial charge in [0.15, 0.2) is 23.0 Å². The summed E-state index contributed by atoms with van der Waals surface area (Å²) in [6.45, 7) is 0.138. The van der Waals surface area contributed by atoms with Crippen LogP contribution in [0.15, 0.2) is 54.0 Å². The fraction of sp³-hybridized carbons (Fsp3) is 0.333. The molecule has 0 atom stereocenters. The zero-order chi connectivity index (χ0) is 29.8. The Morgan fingerprint density at radius 2 is 1.83 bits per heavy atom. The summed E-state index contributed by atoms with van der Waals surface area (Å²) in [4.78, 5) is 32.6. The van der Waals surface area contributed by atoms with Crippen molar-refractivity contribution in [2.45, 2.75) is 57.9 Å². The van der Waals surface area contributed by atoms with Crippen LogP contribution in [0.2, 0.25) is 0 Å². The number of fused-ring (bicyclic) bond motifs is 1. The van der Waals surface area contributed by atoms with Gasteiger partial charge in [0.25, 0.3) is 5.56 Å². The number of nitrogens with one attached hydrogen (secondary N) is 1. The number of aromatic amines is 1.